The molecule has 0 saturated heterocycles. The first-order chi connectivity index (χ1) is 9.88. The highest BCUT2D eigenvalue weighted by Gasteiger charge is 2.36. The van der Waals surface area contributed by atoms with E-state index in [-0.39, 0.29) is 27.4 Å². The van der Waals surface area contributed by atoms with Crippen LogP contribution in [0.5, 0.6) is 0 Å². The van der Waals surface area contributed by atoms with Gasteiger partial charge in [0.25, 0.3) is 0 Å². The van der Waals surface area contributed by atoms with Crippen LogP contribution in [0, 0.1) is 5.82 Å². The molecule has 0 radical (unpaired) electrons. The number of nitrogens with zero attached hydrogens (tertiary/aromatic N) is 2. The maximum Gasteiger partial charge on any atom is 0.419 e. The first-order valence-corrected chi connectivity index (χ1v) is 6.11. The molecule has 108 valence electrons. The molecule has 0 atom stereocenters. The third kappa shape index (κ3) is 2.33. The summed E-state index contributed by atoms with van der Waals surface area (Å²) in [5, 5.41) is -0.0287. The second-order valence-corrected chi connectivity index (χ2v) is 4.60. The number of halogens is 5. The largest absolute Gasteiger partial charge is 0.419 e. The van der Waals surface area contributed by atoms with Crippen molar-refractivity contribution in [1.82, 2.24) is 15.0 Å². The highest BCUT2D eigenvalue weighted by atomic mass is 35.5. The van der Waals surface area contributed by atoms with Gasteiger partial charge in [0, 0.05) is 23.3 Å². The minimum absolute atomic E-state index is 0.107. The lowest BCUT2D eigenvalue weighted by Crippen LogP contribution is -2.09. The molecule has 0 spiro atoms. The van der Waals surface area contributed by atoms with Gasteiger partial charge in [-0.2, -0.15) is 13.2 Å². The van der Waals surface area contributed by atoms with E-state index in [1.165, 1.54) is 24.4 Å². The van der Waals surface area contributed by atoms with Crippen LogP contribution in [0.3, 0.4) is 0 Å². The van der Waals surface area contributed by atoms with E-state index in [9.17, 15) is 17.6 Å². The van der Waals surface area contributed by atoms with E-state index in [0.29, 0.717) is 6.20 Å². The number of hydrogen-bond donors (Lipinski definition) is 1. The van der Waals surface area contributed by atoms with Crippen LogP contribution in [0.2, 0.25) is 5.28 Å². The quantitative estimate of drug-likeness (QED) is 0.533. The summed E-state index contributed by atoms with van der Waals surface area (Å²) in [6.45, 7) is 0. The van der Waals surface area contributed by atoms with Gasteiger partial charge in [-0.25, -0.2) is 14.4 Å². The number of fused-ring (bicyclic) bond motifs is 1. The second kappa shape index (κ2) is 4.70. The SMILES string of the molecule is Fc1cccc2c(-c3nc(Cl)ncc3C(F)(F)F)c[nH]c12. The monoisotopic (exact) mass is 315 g/mol. The highest BCUT2D eigenvalue weighted by Crippen LogP contribution is 2.38. The summed E-state index contributed by atoms with van der Waals surface area (Å²) in [5.74, 6) is -0.563. The molecule has 0 bridgehead atoms. The van der Waals surface area contributed by atoms with Crippen molar-refractivity contribution in [3.8, 4) is 11.3 Å². The van der Waals surface area contributed by atoms with E-state index in [1.54, 1.807) is 0 Å². The van der Waals surface area contributed by atoms with Crippen LogP contribution >= 0.6 is 11.6 Å². The molecule has 3 rings (SSSR count). The van der Waals surface area contributed by atoms with Crippen molar-refractivity contribution >= 4 is 22.5 Å². The van der Waals surface area contributed by atoms with Gasteiger partial charge in [-0.1, -0.05) is 12.1 Å². The number of nitrogens with one attached hydrogen (secondary N) is 1. The third-order valence-corrected chi connectivity index (χ3v) is 3.17. The van der Waals surface area contributed by atoms with Gasteiger partial charge >= 0.3 is 6.18 Å². The Labute approximate surface area is 120 Å². The van der Waals surface area contributed by atoms with Gasteiger partial charge in [0.1, 0.15) is 11.4 Å². The van der Waals surface area contributed by atoms with Gasteiger partial charge in [0.2, 0.25) is 5.28 Å². The zero-order chi connectivity index (χ0) is 15.2. The zero-order valence-corrected chi connectivity index (χ0v) is 10.9. The average molecular weight is 316 g/mol. The Morgan fingerprint density at radius 3 is 2.67 bits per heavy atom. The van der Waals surface area contributed by atoms with Gasteiger partial charge in [-0.15, -0.1) is 0 Å². The molecule has 8 heteroatoms. The molecule has 2 aromatic heterocycles. The van der Waals surface area contributed by atoms with E-state index >= 15 is 0 Å². The Hall–Kier alpha value is -2.15. The summed E-state index contributed by atoms with van der Waals surface area (Å²) in [4.78, 5) is 9.62. The number of rotatable bonds is 1. The standard InChI is InChI=1S/C13H6ClF4N3/c14-12-20-5-8(13(16,17)18)10(21-12)7-4-19-11-6(7)2-1-3-9(11)15/h1-5,19H. The summed E-state index contributed by atoms with van der Waals surface area (Å²) < 4.78 is 52.7. The highest BCUT2D eigenvalue weighted by molar-refractivity contribution is 6.28. The molecule has 0 aliphatic heterocycles. The maximum atomic E-state index is 13.6. The van der Waals surface area contributed by atoms with E-state index in [1.807, 2.05) is 0 Å². The minimum atomic E-state index is -4.64. The Balaban J connectivity index is 2.33. The van der Waals surface area contributed by atoms with Crippen molar-refractivity contribution in [3.63, 3.8) is 0 Å². The number of aromatic amines is 1. The van der Waals surface area contributed by atoms with Crippen LogP contribution in [0.4, 0.5) is 17.6 Å². The van der Waals surface area contributed by atoms with Crippen molar-refractivity contribution in [2.45, 2.75) is 6.18 Å². The number of H-pyrrole nitrogens is 1. The van der Waals surface area contributed by atoms with Gasteiger partial charge in [0.15, 0.2) is 0 Å². The Morgan fingerprint density at radius 2 is 1.95 bits per heavy atom. The van der Waals surface area contributed by atoms with Crippen molar-refractivity contribution in [2.75, 3.05) is 0 Å². The van der Waals surface area contributed by atoms with Crippen LogP contribution < -0.4 is 0 Å². The lowest BCUT2D eigenvalue weighted by molar-refractivity contribution is -0.137. The summed E-state index contributed by atoms with van der Waals surface area (Å²) in [6, 6.07) is 4.12. The van der Waals surface area contributed by atoms with Crippen LogP contribution in [0.1, 0.15) is 5.56 Å². The molecular weight excluding hydrogens is 310 g/mol. The predicted octanol–water partition coefficient (Wildman–Crippen LogP) is 4.44. The Morgan fingerprint density at radius 1 is 1.19 bits per heavy atom. The van der Waals surface area contributed by atoms with Crippen LogP contribution in [0.15, 0.2) is 30.6 Å². The molecule has 0 aliphatic carbocycles. The van der Waals surface area contributed by atoms with Gasteiger partial charge in [0.05, 0.1) is 11.2 Å². The molecule has 1 aromatic carbocycles. The Kier molecular flexibility index (Phi) is 3.09. The first kappa shape index (κ1) is 13.8. The maximum absolute atomic E-state index is 13.6. The lowest BCUT2D eigenvalue weighted by Gasteiger charge is -2.11. The first-order valence-electron chi connectivity index (χ1n) is 5.73. The van der Waals surface area contributed by atoms with E-state index in [0.717, 1.165) is 0 Å². The number of benzene rings is 1. The molecule has 3 aromatic rings. The van der Waals surface area contributed by atoms with Crippen LogP contribution in [-0.2, 0) is 6.18 Å². The van der Waals surface area contributed by atoms with E-state index in [2.05, 4.69) is 15.0 Å². The van der Waals surface area contributed by atoms with Gasteiger partial charge in [-0.3, -0.25) is 0 Å². The smallest absolute Gasteiger partial charge is 0.358 e. The van der Waals surface area contributed by atoms with Crippen LogP contribution in [0.25, 0.3) is 22.2 Å². The topological polar surface area (TPSA) is 41.6 Å². The van der Waals surface area contributed by atoms with Gasteiger partial charge < -0.3 is 4.98 Å². The molecule has 0 fully saturated rings. The Bertz CT molecular complexity index is 826. The molecule has 3 nitrogen and oxygen atoms in total. The zero-order valence-electron chi connectivity index (χ0n) is 10.2. The van der Waals surface area contributed by atoms with Crippen molar-refractivity contribution in [1.29, 1.82) is 0 Å². The summed E-state index contributed by atoms with van der Waals surface area (Å²) in [5.41, 5.74) is -1.20. The molecule has 0 amide bonds. The average Bonchev–Trinajstić information content (AvgIpc) is 2.82. The molecule has 21 heavy (non-hydrogen) atoms. The van der Waals surface area contributed by atoms with Gasteiger partial charge in [-0.05, 0) is 17.7 Å². The molecule has 0 aliphatic rings. The molecular formula is C13H6ClF4N3. The number of hydrogen-bond acceptors (Lipinski definition) is 2. The number of aromatic nitrogens is 3. The molecule has 2 heterocycles. The number of para-hydroxylation sites is 1. The molecule has 0 unspecified atom stereocenters. The van der Waals surface area contributed by atoms with Crippen LogP contribution in [-0.4, -0.2) is 15.0 Å². The summed E-state index contributed by atoms with van der Waals surface area (Å²) >= 11 is 5.59. The summed E-state index contributed by atoms with van der Waals surface area (Å²) in [6.07, 6.45) is -2.76. The second-order valence-electron chi connectivity index (χ2n) is 4.26. The summed E-state index contributed by atoms with van der Waals surface area (Å²) in [7, 11) is 0. The normalized spacial score (nSPS) is 12.0. The lowest BCUT2D eigenvalue weighted by atomic mass is 10.1. The minimum Gasteiger partial charge on any atom is -0.358 e. The fourth-order valence-corrected chi connectivity index (χ4v) is 2.22. The predicted molar refractivity (Wildman–Crippen MR) is 69.3 cm³/mol. The van der Waals surface area contributed by atoms with Crippen molar-refractivity contribution < 1.29 is 17.6 Å². The van der Waals surface area contributed by atoms with E-state index in [4.69, 9.17) is 11.6 Å². The van der Waals surface area contributed by atoms with E-state index < -0.39 is 17.6 Å². The fourth-order valence-electron chi connectivity index (χ4n) is 2.09. The molecule has 1 N–H and O–H groups in total. The van der Waals surface area contributed by atoms with Crippen molar-refractivity contribution in [2.24, 2.45) is 0 Å². The third-order valence-electron chi connectivity index (χ3n) is 2.98. The molecule has 0 saturated carbocycles. The number of alkyl halides is 3. The fraction of sp³-hybridized carbons (Fsp3) is 0.0769. The van der Waals surface area contributed by atoms with Crippen molar-refractivity contribution in [3.05, 3.63) is 47.3 Å².